The quantitative estimate of drug-likeness (QED) is 0.569. The average molecular weight is 434 g/mol. The zero-order valence-corrected chi connectivity index (χ0v) is 18.3. The van der Waals surface area contributed by atoms with Crippen LogP contribution in [-0.2, 0) is 11.3 Å². The topological polar surface area (TPSA) is 68.2 Å². The lowest BCUT2D eigenvalue weighted by Gasteiger charge is -2.23. The van der Waals surface area contributed by atoms with E-state index in [0.29, 0.717) is 11.5 Å². The first-order valence-electron chi connectivity index (χ1n) is 10.6. The van der Waals surface area contributed by atoms with Crippen molar-refractivity contribution in [2.75, 3.05) is 34.0 Å². The molecule has 6 heteroatoms. The van der Waals surface area contributed by atoms with E-state index in [-0.39, 0.29) is 32.2 Å². The molecule has 32 heavy (non-hydrogen) atoms. The summed E-state index contributed by atoms with van der Waals surface area (Å²) in [6.45, 7) is 0.542. The molecule has 0 spiro atoms. The van der Waals surface area contributed by atoms with Crippen LogP contribution in [0.3, 0.4) is 0 Å². The van der Waals surface area contributed by atoms with Gasteiger partial charge in [0.1, 0.15) is 6.61 Å². The number of hydrogen-bond acceptors (Lipinski definition) is 5. The highest BCUT2D eigenvalue weighted by Crippen LogP contribution is 2.44. The molecule has 0 saturated carbocycles. The molecular weight excluding hydrogens is 406 g/mol. The summed E-state index contributed by atoms with van der Waals surface area (Å²) < 4.78 is 16.4. The summed E-state index contributed by atoms with van der Waals surface area (Å²) in [5.41, 5.74) is 5.54. The summed E-state index contributed by atoms with van der Waals surface area (Å²) in [6, 6.07) is 21.9. The molecule has 0 unspecified atom stereocenters. The Morgan fingerprint density at radius 1 is 0.906 bits per heavy atom. The van der Waals surface area contributed by atoms with Crippen molar-refractivity contribution in [2.24, 2.45) is 0 Å². The van der Waals surface area contributed by atoms with Gasteiger partial charge in [-0.2, -0.15) is 0 Å². The molecule has 1 aliphatic rings. The summed E-state index contributed by atoms with van der Waals surface area (Å²) in [4.78, 5) is 14.4. The molecule has 0 heterocycles. The minimum absolute atomic E-state index is 0.0107. The molecular formula is C26H27NO5. The number of ether oxygens (including phenoxy) is 3. The third-order valence-electron chi connectivity index (χ3n) is 5.79. The molecule has 0 saturated heterocycles. The summed E-state index contributed by atoms with van der Waals surface area (Å²) in [7, 11) is 3.14. The zero-order valence-electron chi connectivity index (χ0n) is 18.3. The molecule has 0 radical (unpaired) electrons. The summed E-state index contributed by atoms with van der Waals surface area (Å²) in [6.07, 6.45) is -0.462. The Bertz CT molecular complexity index is 1050. The number of hydrogen-bond donors (Lipinski definition) is 1. The highest BCUT2D eigenvalue weighted by atomic mass is 16.6. The van der Waals surface area contributed by atoms with E-state index < -0.39 is 6.09 Å². The maximum atomic E-state index is 12.9. The smallest absolute Gasteiger partial charge is 0.410 e. The molecule has 6 nitrogen and oxygen atoms in total. The van der Waals surface area contributed by atoms with E-state index in [9.17, 15) is 9.90 Å². The molecule has 1 N–H and O–H groups in total. The van der Waals surface area contributed by atoms with E-state index in [1.54, 1.807) is 20.3 Å². The van der Waals surface area contributed by atoms with Crippen LogP contribution in [0.5, 0.6) is 11.5 Å². The molecule has 0 aliphatic heterocycles. The van der Waals surface area contributed by atoms with Crippen molar-refractivity contribution < 1.29 is 24.1 Å². The van der Waals surface area contributed by atoms with Gasteiger partial charge in [-0.3, -0.25) is 0 Å². The van der Waals surface area contributed by atoms with Gasteiger partial charge < -0.3 is 24.2 Å². The number of aliphatic hydroxyl groups is 1. The minimum Gasteiger partial charge on any atom is -0.493 e. The van der Waals surface area contributed by atoms with E-state index in [1.165, 1.54) is 16.0 Å². The first kappa shape index (κ1) is 21.7. The number of carbonyl (C=O) groups excluding carboxylic acids is 1. The second-order valence-corrected chi connectivity index (χ2v) is 7.64. The van der Waals surface area contributed by atoms with E-state index in [2.05, 4.69) is 24.3 Å². The van der Waals surface area contributed by atoms with Gasteiger partial charge in [-0.25, -0.2) is 4.79 Å². The molecule has 0 atom stereocenters. The van der Waals surface area contributed by atoms with E-state index in [0.717, 1.165) is 16.7 Å². The van der Waals surface area contributed by atoms with E-state index in [4.69, 9.17) is 14.2 Å². The lowest BCUT2D eigenvalue weighted by molar-refractivity contribution is 0.0891. The number of carbonyl (C=O) groups is 1. The summed E-state index contributed by atoms with van der Waals surface area (Å²) in [5, 5.41) is 9.49. The number of fused-ring (bicyclic) bond motifs is 3. The first-order chi connectivity index (χ1) is 15.7. The second kappa shape index (κ2) is 9.75. The molecule has 4 rings (SSSR count). The van der Waals surface area contributed by atoms with Gasteiger partial charge in [0.25, 0.3) is 0 Å². The Morgan fingerprint density at radius 2 is 1.53 bits per heavy atom. The van der Waals surface area contributed by atoms with Crippen molar-refractivity contribution in [3.05, 3.63) is 83.4 Å². The van der Waals surface area contributed by atoms with Gasteiger partial charge in [-0.1, -0.05) is 54.6 Å². The fraction of sp³-hybridized carbons (Fsp3) is 0.269. The van der Waals surface area contributed by atoms with Gasteiger partial charge >= 0.3 is 6.09 Å². The fourth-order valence-electron chi connectivity index (χ4n) is 4.24. The molecule has 0 fully saturated rings. The zero-order chi connectivity index (χ0) is 22.5. The average Bonchev–Trinajstić information content (AvgIpc) is 3.16. The molecule has 166 valence electrons. The van der Waals surface area contributed by atoms with Crippen LogP contribution in [0.1, 0.15) is 22.6 Å². The Kier molecular flexibility index (Phi) is 6.61. The fourth-order valence-corrected chi connectivity index (χ4v) is 4.24. The van der Waals surface area contributed by atoms with Gasteiger partial charge in [0, 0.05) is 19.0 Å². The monoisotopic (exact) mass is 433 g/mol. The van der Waals surface area contributed by atoms with Crippen LogP contribution in [0, 0.1) is 0 Å². The molecule has 0 bridgehead atoms. The number of nitrogens with zero attached hydrogens (tertiary/aromatic N) is 1. The van der Waals surface area contributed by atoms with E-state index in [1.807, 2.05) is 36.4 Å². The molecule has 3 aromatic carbocycles. The Hall–Kier alpha value is -3.51. The van der Waals surface area contributed by atoms with E-state index >= 15 is 0 Å². The van der Waals surface area contributed by atoms with Gasteiger partial charge in [0.05, 0.1) is 20.8 Å². The van der Waals surface area contributed by atoms with Crippen molar-refractivity contribution >= 4 is 6.09 Å². The van der Waals surface area contributed by atoms with Gasteiger partial charge in [-0.15, -0.1) is 0 Å². The normalized spacial score (nSPS) is 12.1. The predicted molar refractivity (Wildman–Crippen MR) is 122 cm³/mol. The van der Waals surface area contributed by atoms with Gasteiger partial charge in [0.2, 0.25) is 0 Å². The standard InChI is InChI=1S/C26H27NO5/c1-30-24-12-11-18(15-25(24)31-2)16-27(13-14-28)26(29)32-17-23-21-9-5-3-7-19(21)20-8-4-6-10-22(20)23/h3-12,15,23,28H,13-14,16-17H2,1-2H3. The Labute approximate surface area is 188 Å². The second-order valence-electron chi connectivity index (χ2n) is 7.64. The lowest BCUT2D eigenvalue weighted by Crippen LogP contribution is -2.34. The number of methoxy groups -OCH3 is 2. The summed E-state index contributed by atoms with van der Waals surface area (Å²) in [5.74, 6) is 1.19. The number of amides is 1. The van der Waals surface area contributed by atoms with Crippen molar-refractivity contribution in [1.29, 1.82) is 0 Å². The molecule has 1 aliphatic carbocycles. The van der Waals surface area contributed by atoms with Crippen LogP contribution >= 0.6 is 0 Å². The first-order valence-corrected chi connectivity index (χ1v) is 10.6. The highest BCUT2D eigenvalue weighted by Gasteiger charge is 2.29. The number of benzene rings is 3. The van der Waals surface area contributed by atoms with Crippen molar-refractivity contribution in [1.82, 2.24) is 4.90 Å². The van der Waals surface area contributed by atoms with Crippen LogP contribution in [0.25, 0.3) is 11.1 Å². The summed E-state index contributed by atoms with van der Waals surface area (Å²) >= 11 is 0. The predicted octanol–water partition coefficient (Wildman–Crippen LogP) is 4.45. The Balaban J connectivity index is 1.48. The Morgan fingerprint density at radius 3 is 2.12 bits per heavy atom. The SMILES string of the molecule is COc1ccc(CN(CCO)C(=O)OCC2c3ccccc3-c3ccccc32)cc1OC. The molecule has 3 aromatic rings. The lowest BCUT2D eigenvalue weighted by atomic mass is 9.98. The molecule has 1 amide bonds. The third-order valence-corrected chi connectivity index (χ3v) is 5.79. The maximum absolute atomic E-state index is 12.9. The minimum atomic E-state index is -0.462. The van der Waals surface area contributed by atoms with Crippen LogP contribution in [0.15, 0.2) is 66.7 Å². The van der Waals surface area contributed by atoms with Crippen molar-refractivity contribution in [3.8, 4) is 22.6 Å². The van der Waals surface area contributed by atoms with Gasteiger partial charge in [-0.05, 0) is 39.9 Å². The van der Waals surface area contributed by atoms with Crippen LogP contribution in [-0.4, -0.2) is 50.1 Å². The van der Waals surface area contributed by atoms with Crippen LogP contribution < -0.4 is 9.47 Å². The third kappa shape index (κ3) is 4.27. The van der Waals surface area contributed by atoms with Crippen LogP contribution in [0.2, 0.25) is 0 Å². The molecule has 0 aromatic heterocycles. The van der Waals surface area contributed by atoms with Crippen molar-refractivity contribution in [3.63, 3.8) is 0 Å². The highest BCUT2D eigenvalue weighted by molar-refractivity contribution is 5.79. The largest absolute Gasteiger partial charge is 0.493 e. The van der Waals surface area contributed by atoms with Crippen molar-refractivity contribution in [2.45, 2.75) is 12.5 Å². The number of rotatable bonds is 8. The van der Waals surface area contributed by atoms with Gasteiger partial charge in [0.15, 0.2) is 11.5 Å². The number of aliphatic hydroxyl groups excluding tert-OH is 1. The maximum Gasteiger partial charge on any atom is 0.410 e. The van der Waals surface area contributed by atoms with Crippen LogP contribution in [0.4, 0.5) is 4.79 Å².